The van der Waals surface area contributed by atoms with E-state index in [4.69, 9.17) is 4.74 Å². The van der Waals surface area contributed by atoms with E-state index in [1.54, 1.807) is 7.11 Å². The molecule has 0 spiro atoms. The fraction of sp³-hybridized carbons (Fsp3) is 0.312. The van der Waals surface area contributed by atoms with E-state index < -0.39 is 0 Å². The molecule has 0 aliphatic heterocycles. The molecule has 0 radical (unpaired) electrons. The van der Waals surface area contributed by atoms with Gasteiger partial charge in [0.1, 0.15) is 5.75 Å². The van der Waals surface area contributed by atoms with Gasteiger partial charge in [-0.15, -0.1) is 0 Å². The predicted octanol–water partition coefficient (Wildman–Crippen LogP) is 2.76. The van der Waals surface area contributed by atoms with Crippen molar-refractivity contribution in [3.05, 3.63) is 59.9 Å². The van der Waals surface area contributed by atoms with Gasteiger partial charge in [0, 0.05) is 25.5 Å². The number of likely N-dealkylation sites (N-methyl/N-ethyl adjacent to an activating group) is 1. The van der Waals surface area contributed by atoms with Crippen molar-refractivity contribution in [3.8, 4) is 5.75 Å². The minimum absolute atomic E-state index is 0.917. The van der Waals surface area contributed by atoms with Crippen molar-refractivity contribution in [2.24, 2.45) is 0 Å². The van der Waals surface area contributed by atoms with Gasteiger partial charge in [0.05, 0.1) is 7.11 Å². The van der Waals surface area contributed by atoms with Gasteiger partial charge in [0.15, 0.2) is 0 Å². The van der Waals surface area contributed by atoms with Gasteiger partial charge in [-0.05, 0) is 48.9 Å². The molecule has 0 unspecified atom stereocenters. The van der Waals surface area contributed by atoms with E-state index >= 15 is 0 Å². The fourth-order valence-electron chi connectivity index (χ4n) is 2.03. The lowest BCUT2D eigenvalue weighted by atomic mass is 10.1. The maximum atomic E-state index is 5.24. The van der Waals surface area contributed by atoms with E-state index in [0.717, 1.165) is 25.3 Å². The Bertz CT molecular complexity index is 499. The second-order valence-corrected chi connectivity index (χ2v) is 4.69. The van der Waals surface area contributed by atoms with Crippen LogP contribution in [0.5, 0.6) is 5.75 Å². The molecule has 0 saturated heterocycles. The lowest BCUT2D eigenvalue weighted by Crippen LogP contribution is -2.20. The first-order chi connectivity index (χ1) is 9.28. The average molecular weight is 256 g/mol. The van der Waals surface area contributed by atoms with Crippen LogP contribution in [-0.2, 0) is 13.0 Å². The SMILES string of the molecule is COc1cccc(CN(C)CCc2ccncc2)c1. The molecule has 2 aromatic rings. The second-order valence-electron chi connectivity index (χ2n) is 4.69. The molecule has 1 aromatic carbocycles. The number of ether oxygens (including phenoxy) is 1. The van der Waals surface area contributed by atoms with Crippen LogP contribution in [0, 0.1) is 0 Å². The van der Waals surface area contributed by atoms with Crippen molar-refractivity contribution in [1.29, 1.82) is 0 Å². The summed E-state index contributed by atoms with van der Waals surface area (Å²) in [6.45, 7) is 1.96. The van der Waals surface area contributed by atoms with E-state index in [-0.39, 0.29) is 0 Å². The highest BCUT2D eigenvalue weighted by atomic mass is 16.5. The molecule has 0 aliphatic carbocycles. The minimum Gasteiger partial charge on any atom is -0.497 e. The first-order valence-corrected chi connectivity index (χ1v) is 6.48. The first-order valence-electron chi connectivity index (χ1n) is 6.48. The van der Waals surface area contributed by atoms with E-state index in [1.807, 2.05) is 24.5 Å². The van der Waals surface area contributed by atoms with Gasteiger partial charge >= 0.3 is 0 Å². The van der Waals surface area contributed by atoms with Crippen molar-refractivity contribution in [1.82, 2.24) is 9.88 Å². The largest absolute Gasteiger partial charge is 0.497 e. The summed E-state index contributed by atoms with van der Waals surface area (Å²) in [6.07, 6.45) is 4.73. The fourth-order valence-corrected chi connectivity index (χ4v) is 2.03. The molecular weight excluding hydrogens is 236 g/mol. The summed E-state index contributed by atoms with van der Waals surface area (Å²) in [5, 5.41) is 0. The maximum Gasteiger partial charge on any atom is 0.119 e. The van der Waals surface area contributed by atoms with E-state index in [1.165, 1.54) is 11.1 Å². The normalized spacial score (nSPS) is 10.7. The van der Waals surface area contributed by atoms with Crippen molar-refractivity contribution < 1.29 is 4.74 Å². The van der Waals surface area contributed by atoms with Gasteiger partial charge in [-0.1, -0.05) is 12.1 Å². The summed E-state index contributed by atoms with van der Waals surface area (Å²) in [5.74, 6) is 0.917. The third-order valence-corrected chi connectivity index (χ3v) is 3.12. The van der Waals surface area contributed by atoms with Crippen LogP contribution in [0.25, 0.3) is 0 Å². The summed E-state index contributed by atoms with van der Waals surface area (Å²) in [4.78, 5) is 6.35. The molecule has 0 saturated carbocycles. The molecule has 0 N–H and O–H groups in total. The third kappa shape index (κ3) is 4.38. The number of methoxy groups -OCH3 is 1. The highest BCUT2D eigenvalue weighted by Gasteiger charge is 2.02. The Morgan fingerprint density at radius 2 is 1.89 bits per heavy atom. The Labute approximate surface area is 114 Å². The smallest absolute Gasteiger partial charge is 0.119 e. The van der Waals surface area contributed by atoms with Gasteiger partial charge < -0.3 is 9.64 Å². The summed E-state index contributed by atoms with van der Waals surface area (Å²) in [6, 6.07) is 12.4. The third-order valence-electron chi connectivity index (χ3n) is 3.12. The van der Waals surface area contributed by atoms with E-state index in [2.05, 4.69) is 41.2 Å². The molecule has 1 aromatic heterocycles. The van der Waals surface area contributed by atoms with Gasteiger partial charge in [0.25, 0.3) is 0 Å². The van der Waals surface area contributed by atoms with Crippen molar-refractivity contribution in [2.75, 3.05) is 20.7 Å². The van der Waals surface area contributed by atoms with Gasteiger partial charge in [-0.25, -0.2) is 0 Å². The number of benzene rings is 1. The lowest BCUT2D eigenvalue weighted by Gasteiger charge is -2.17. The molecule has 3 nitrogen and oxygen atoms in total. The summed E-state index contributed by atoms with van der Waals surface area (Å²) in [5.41, 5.74) is 2.60. The predicted molar refractivity (Wildman–Crippen MR) is 77.3 cm³/mol. The monoisotopic (exact) mass is 256 g/mol. The number of hydrogen-bond acceptors (Lipinski definition) is 3. The number of hydrogen-bond donors (Lipinski definition) is 0. The van der Waals surface area contributed by atoms with Crippen LogP contribution in [0.15, 0.2) is 48.8 Å². The summed E-state index contributed by atoms with van der Waals surface area (Å²) < 4.78 is 5.24. The number of rotatable bonds is 6. The van der Waals surface area contributed by atoms with Crippen LogP contribution >= 0.6 is 0 Å². The second kappa shape index (κ2) is 6.90. The van der Waals surface area contributed by atoms with Crippen molar-refractivity contribution in [3.63, 3.8) is 0 Å². The molecule has 1 heterocycles. The van der Waals surface area contributed by atoms with Crippen molar-refractivity contribution in [2.45, 2.75) is 13.0 Å². The topological polar surface area (TPSA) is 25.4 Å². The Balaban J connectivity index is 1.85. The summed E-state index contributed by atoms with van der Waals surface area (Å²) >= 11 is 0. The van der Waals surface area contributed by atoms with E-state index in [0.29, 0.717) is 0 Å². The van der Waals surface area contributed by atoms with Crippen molar-refractivity contribution >= 4 is 0 Å². The zero-order valence-electron chi connectivity index (χ0n) is 11.5. The van der Waals surface area contributed by atoms with Gasteiger partial charge in [-0.2, -0.15) is 0 Å². The number of nitrogens with zero attached hydrogens (tertiary/aromatic N) is 2. The number of aromatic nitrogens is 1. The molecule has 0 amide bonds. The highest BCUT2D eigenvalue weighted by Crippen LogP contribution is 2.14. The average Bonchev–Trinajstić information content (AvgIpc) is 2.46. The Morgan fingerprint density at radius 1 is 1.11 bits per heavy atom. The van der Waals surface area contributed by atoms with Crippen LogP contribution in [0.1, 0.15) is 11.1 Å². The Kier molecular flexibility index (Phi) is 4.93. The maximum absolute atomic E-state index is 5.24. The van der Waals surface area contributed by atoms with Gasteiger partial charge in [0.2, 0.25) is 0 Å². The van der Waals surface area contributed by atoms with E-state index in [9.17, 15) is 0 Å². The highest BCUT2D eigenvalue weighted by molar-refractivity contribution is 5.28. The molecule has 19 heavy (non-hydrogen) atoms. The lowest BCUT2D eigenvalue weighted by molar-refractivity contribution is 0.330. The van der Waals surface area contributed by atoms with Gasteiger partial charge in [-0.3, -0.25) is 4.98 Å². The number of pyridine rings is 1. The zero-order valence-corrected chi connectivity index (χ0v) is 11.5. The first kappa shape index (κ1) is 13.6. The Morgan fingerprint density at radius 3 is 2.63 bits per heavy atom. The molecule has 100 valence electrons. The molecule has 3 heteroatoms. The molecule has 2 rings (SSSR count). The molecule has 0 fully saturated rings. The Hall–Kier alpha value is -1.87. The quantitative estimate of drug-likeness (QED) is 0.794. The summed E-state index contributed by atoms with van der Waals surface area (Å²) in [7, 11) is 3.84. The standard InChI is InChI=1S/C16H20N2O/c1-18(11-8-14-6-9-17-10-7-14)13-15-4-3-5-16(12-15)19-2/h3-7,9-10,12H,8,11,13H2,1-2H3. The molecule has 0 aliphatic rings. The zero-order chi connectivity index (χ0) is 13.5. The molecule has 0 bridgehead atoms. The van der Waals surface area contributed by atoms with Crippen LogP contribution < -0.4 is 4.74 Å². The minimum atomic E-state index is 0.917. The molecule has 0 atom stereocenters. The van der Waals surface area contributed by atoms with Crippen LogP contribution in [0.4, 0.5) is 0 Å². The molecular formula is C16H20N2O. The van der Waals surface area contributed by atoms with Crippen LogP contribution in [0.3, 0.4) is 0 Å². The van der Waals surface area contributed by atoms with Crippen LogP contribution in [0.2, 0.25) is 0 Å². The van der Waals surface area contributed by atoms with Crippen LogP contribution in [-0.4, -0.2) is 30.6 Å².